The number of rotatable bonds is 5. The summed E-state index contributed by atoms with van der Waals surface area (Å²) in [5.74, 6) is 0. The minimum atomic E-state index is -1.57. The Morgan fingerprint density at radius 3 is 2.50 bits per heavy atom. The molecule has 0 saturated carbocycles. The maximum atomic E-state index is 13.7. The van der Waals surface area contributed by atoms with E-state index in [9.17, 15) is 4.39 Å². The molecule has 0 aliphatic heterocycles. The summed E-state index contributed by atoms with van der Waals surface area (Å²) in [6.45, 7) is 2.04. The van der Waals surface area contributed by atoms with Crippen molar-refractivity contribution in [2.75, 3.05) is 0 Å². The first-order valence-corrected chi connectivity index (χ1v) is 5.43. The summed E-state index contributed by atoms with van der Waals surface area (Å²) < 4.78 is 13.7. The van der Waals surface area contributed by atoms with Crippen LogP contribution in [-0.2, 0) is 6.42 Å². The minimum absolute atomic E-state index is 0.301. The molecule has 78 valence electrons. The summed E-state index contributed by atoms with van der Waals surface area (Å²) in [6.07, 6.45) is 2.55. The summed E-state index contributed by atoms with van der Waals surface area (Å²) in [5.41, 5.74) is 0.959. The fourth-order valence-corrected chi connectivity index (χ4v) is 1.71. The lowest BCUT2D eigenvalue weighted by molar-refractivity contribution is 0.253. The second-order valence-electron chi connectivity index (χ2n) is 3.62. The maximum absolute atomic E-state index is 13.7. The highest BCUT2D eigenvalue weighted by Crippen LogP contribution is 2.28. The molecule has 0 aromatic heterocycles. The quantitative estimate of drug-likeness (QED) is 0.641. The van der Waals surface area contributed by atoms with Crippen molar-refractivity contribution in [3.8, 4) is 0 Å². The Labute approximate surface area is 90.1 Å². The van der Waals surface area contributed by atoms with Gasteiger partial charge in [0.25, 0.3) is 0 Å². The molecule has 0 amide bonds. The average Bonchev–Trinajstić information content (AvgIpc) is 2.16. The molecule has 0 bridgehead atoms. The van der Waals surface area contributed by atoms with Crippen molar-refractivity contribution in [2.24, 2.45) is 0 Å². The van der Waals surface area contributed by atoms with Gasteiger partial charge >= 0.3 is 0 Å². The third-order valence-corrected chi connectivity index (χ3v) is 2.52. The van der Waals surface area contributed by atoms with Crippen LogP contribution in [0.25, 0.3) is 0 Å². The molecule has 0 N–H and O–H groups in total. The highest BCUT2D eigenvalue weighted by atomic mass is 35.5. The van der Waals surface area contributed by atoms with Crippen molar-refractivity contribution in [1.82, 2.24) is 0 Å². The largest absolute Gasteiger partial charge is 0.226 e. The first-order chi connectivity index (χ1) is 6.64. The normalized spacial score (nSPS) is 15.1. The summed E-state index contributed by atoms with van der Waals surface area (Å²) in [4.78, 5) is 0. The standard InChI is InChI=1S/C12H16ClF/c1-2-3-9-12(13,14)10-11-7-5-4-6-8-11/h4-8H,2-3,9-10H2,1H3. The molecule has 1 rings (SSSR count). The van der Waals surface area contributed by atoms with E-state index < -0.39 is 5.13 Å². The zero-order chi connectivity index (χ0) is 10.4. The van der Waals surface area contributed by atoms with Crippen molar-refractivity contribution in [1.29, 1.82) is 0 Å². The summed E-state index contributed by atoms with van der Waals surface area (Å²) in [7, 11) is 0. The van der Waals surface area contributed by atoms with E-state index in [4.69, 9.17) is 11.6 Å². The van der Waals surface area contributed by atoms with Crippen LogP contribution in [0.5, 0.6) is 0 Å². The van der Waals surface area contributed by atoms with E-state index in [1.165, 1.54) is 0 Å². The Hall–Kier alpha value is -0.560. The molecule has 0 nitrogen and oxygen atoms in total. The molecule has 0 aliphatic rings. The van der Waals surface area contributed by atoms with Crippen LogP contribution in [0.2, 0.25) is 0 Å². The fraction of sp³-hybridized carbons (Fsp3) is 0.500. The van der Waals surface area contributed by atoms with Gasteiger partial charge < -0.3 is 0 Å². The predicted molar refractivity (Wildman–Crippen MR) is 59.4 cm³/mol. The fourth-order valence-electron chi connectivity index (χ4n) is 1.42. The molecular formula is C12H16ClF. The average molecular weight is 215 g/mol. The predicted octanol–water partition coefficient (Wildman–Crippen LogP) is 4.32. The van der Waals surface area contributed by atoms with Crippen molar-refractivity contribution < 1.29 is 4.39 Å². The molecule has 14 heavy (non-hydrogen) atoms. The van der Waals surface area contributed by atoms with Crippen LogP contribution in [0.15, 0.2) is 30.3 Å². The van der Waals surface area contributed by atoms with Gasteiger partial charge in [0.15, 0.2) is 5.13 Å². The van der Waals surface area contributed by atoms with Gasteiger partial charge in [-0.05, 0) is 18.4 Å². The van der Waals surface area contributed by atoms with Crippen molar-refractivity contribution in [3.05, 3.63) is 35.9 Å². The summed E-state index contributed by atoms with van der Waals surface area (Å²) in [5, 5.41) is -1.57. The lowest BCUT2D eigenvalue weighted by Gasteiger charge is -2.17. The molecule has 2 heteroatoms. The van der Waals surface area contributed by atoms with E-state index in [0.29, 0.717) is 12.8 Å². The van der Waals surface area contributed by atoms with Crippen molar-refractivity contribution >= 4 is 11.6 Å². The second kappa shape index (κ2) is 5.35. The van der Waals surface area contributed by atoms with Crippen LogP contribution < -0.4 is 0 Å². The molecule has 1 aromatic rings. The minimum Gasteiger partial charge on any atom is -0.226 e. The Balaban J connectivity index is 2.50. The molecule has 1 atom stereocenters. The monoisotopic (exact) mass is 214 g/mol. The molecule has 0 aliphatic carbocycles. The first kappa shape index (κ1) is 11.5. The molecular weight excluding hydrogens is 199 g/mol. The van der Waals surface area contributed by atoms with E-state index in [2.05, 4.69) is 0 Å². The molecule has 0 fully saturated rings. The third kappa shape index (κ3) is 4.10. The zero-order valence-corrected chi connectivity index (χ0v) is 9.23. The van der Waals surface area contributed by atoms with Crippen LogP contribution in [-0.4, -0.2) is 5.13 Å². The van der Waals surface area contributed by atoms with Gasteiger partial charge in [-0.2, -0.15) is 0 Å². The van der Waals surface area contributed by atoms with Gasteiger partial charge in [-0.3, -0.25) is 0 Å². The molecule has 0 heterocycles. The first-order valence-electron chi connectivity index (χ1n) is 5.06. The molecule has 1 aromatic carbocycles. The van der Waals surface area contributed by atoms with E-state index in [0.717, 1.165) is 18.4 Å². The van der Waals surface area contributed by atoms with Crippen molar-refractivity contribution in [2.45, 2.75) is 37.7 Å². The number of hydrogen-bond acceptors (Lipinski definition) is 0. The lowest BCUT2D eigenvalue weighted by Crippen LogP contribution is -2.17. The van der Waals surface area contributed by atoms with E-state index >= 15 is 0 Å². The van der Waals surface area contributed by atoms with Gasteiger partial charge in [0.2, 0.25) is 0 Å². The lowest BCUT2D eigenvalue weighted by atomic mass is 10.0. The SMILES string of the molecule is CCCCC(F)(Cl)Cc1ccccc1. The number of unbranched alkanes of at least 4 members (excludes halogenated alkanes) is 1. The number of alkyl halides is 2. The van der Waals surface area contributed by atoms with Gasteiger partial charge in [0.1, 0.15) is 0 Å². The summed E-state index contributed by atoms with van der Waals surface area (Å²) >= 11 is 5.78. The van der Waals surface area contributed by atoms with Gasteiger partial charge in [-0.25, -0.2) is 4.39 Å². The second-order valence-corrected chi connectivity index (χ2v) is 4.30. The van der Waals surface area contributed by atoms with Gasteiger partial charge in [-0.1, -0.05) is 55.3 Å². The Morgan fingerprint density at radius 2 is 1.93 bits per heavy atom. The number of halogens is 2. The summed E-state index contributed by atoms with van der Waals surface area (Å²) in [6, 6.07) is 9.54. The topological polar surface area (TPSA) is 0 Å². The number of hydrogen-bond donors (Lipinski definition) is 0. The smallest absolute Gasteiger partial charge is 0.187 e. The van der Waals surface area contributed by atoms with Gasteiger partial charge in [0, 0.05) is 6.42 Å². The van der Waals surface area contributed by atoms with Crippen LogP contribution >= 0.6 is 11.6 Å². The molecule has 1 unspecified atom stereocenters. The van der Waals surface area contributed by atoms with Crippen LogP contribution in [0.1, 0.15) is 31.7 Å². The van der Waals surface area contributed by atoms with Gasteiger partial charge in [0.05, 0.1) is 0 Å². The van der Waals surface area contributed by atoms with E-state index in [-0.39, 0.29) is 0 Å². The van der Waals surface area contributed by atoms with Crippen LogP contribution in [0.3, 0.4) is 0 Å². The highest BCUT2D eigenvalue weighted by molar-refractivity contribution is 6.22. The molecule has 0 spiro atoms. The maximum Gasteiger partial charge on any atom is 0.187 e. The Morgan fingerprint density at radius 1 is 1.29 bits per heavy atom. The highest BCUT2D eigenvalue weighted by Gasteiger charge is 2.25. The Bertz CT molecular complexity index is 256. The number of benzene rings is 1. The van der Waals surface area contributed by atoms with Crippen LogP contribution in [0.4, 0.5) is 4.39 Å². The van der Waals surface area contributed by atoms with E-state index in [1.54, 1.807) is 0 Å². The molecule has 0 saturated heterocycles. The van der Waals surface area contributed by atoms with Crippen LogP contribution in [0, 0.1) is 0 Å². The Kier molecular flexibility index (Phi) is 4.40. The van der Waals surface area contributed by atoms with Gasteiger partial charge in [-0.15, -0.1) is 0 Å². The zero-order valence-electron chi connectivity index (χ0n) is 8.47. The van der Waals surface area contributed by atoms with Crippen molar-refractivity contribution in [3.63, 3.8) is 0 Å². The third-order valence-electron chi connectivity index (χ3n) is 2.20. The molecule has 0 radical (unpaired) electrons. The van der Waals surface area contributed by atoms with E-state index in [1.807, 2.05) is 37.3 Å².